The Kier molecular flexibility index (Phi) is 6.32. The monoisotopic (exact) mass is 559 g/mol. The largest absolute Gasteiger partial charge is 0.395 e. The molecule has 3 saturated carbocycles. The Hall–Kier alpha value is -1.91. The number of alkyl halides is 1. The van der Waals surface area contributed by atoms with Crippen LogP contribution in [0.25, 0.3) is 0 Å². The fraction of sp³-hybridized carbons (Fsp3) is 0.667. The summed E-state index contributed by atoms with van der Waals surface area (Å²) in [6.07, 6.45) is 6.01. The zero-order valence-electron chi connectivity index (χ0n) is 23.0. The van der Waals surface area contributed by atoms with Gasteiger partial charge >= 0.3 is 0 Å². The van der Waals surface area contributed by atoms with Gasteiger partial charge in [-0.2, -0.15) is 0 Å². The Morgan fingerprint density at radius 3 is 2.79 bits per heavy atom. The van der Waals surface area contributed by atoms with Gasteiger partial charge in [-0.1, -0.05) is 29.8 Å². The van der Waals surface area contributed by atoms with E-state index in [0.29, 0.717) is 31.6 Å². The summed E-state index contributed by atoms with van der Waals surface area (Å²) in [4.78, 5) is 20.1. The minimum atomic E-state index is -1.94. The number of fused-ring (bicyclic) bond motifs is 7. The van der Waals surface area contributed by atoms with Crippen molar-refractivity contribution in [3.05, 3.63) is 46.2 Å². The van der Waals surface area contributed by atoms with Crippen LogP contribution >= 0.6 is 11.3 Å². The molecular weight excluding hydrogens is 521 g/mol. The fourth-order valence-electron chi connectivity index (χ4n) is 8.71. The third-order valence-corrected chi connectivity index (χ3v) is 11.3. The van der Waals surface area contributed by atoms with Crippen LogP contribution in [0.2, 0.25) is 0 Å². The van der Waals surface area contributed by atoms with Crippen LogP contribution < -0.4 is 0 Å². The van der Waals surface area contributed by atoms with Gasteiger partial charge in [0.25, 0.3) is 0 Å². The number of rotatable bonds is 6. The molecule has 4 aliphatic carbocycles. The second-order valence-electron chi connectivity index (χ2n) is 12.7. The number of aliphatic hydroxyl groups is 2. The summed E-state index contributed by atoms with van der Waals surface area (Å²) in [6, 6.07) is 4.07. The number of ether oxygens (including phenoxy) is 2. The first-order chi connectivity index (χ1) is 18.4. The Bertz CT molecular complexity index is 1240. The second-order valence-corrected chi connectivity index (χ2v) is 13.7. The summed E-state index contributed by atoms with van der Waals surface area (Å²) in [5.41, 5.74) is -3.75. The zero-order valence-corrected chi connectivity index (χ0v) is 23.8. The number of hydrogen-bond donors (Lipinski definition) is 2. The molecule has 1 aromatic heterocycles. The van der Waals surface area contributed by atoms with Gasteiger partial charge in [0.05, 0.1) is 12.2 Å². The van der Waals surface area contributed by atoms with Crippen molar-refractivity contribution in [3.8, 4) is 0 Å². The number of halogens is 1. The molecule has 5 aliphatic rings. The van der Waals surface area contributed by atoms with Crippen molar-refractivity contribution in [3.63, 3.8) is 0 Å². The van der Waals surface area contributed by atoms with Crippen molar-refractivity contribution in [2.24, 2.45) is 27.8 Å². The highest BCUT2D eigenvalue weighted by atomic mass is 32.1. The van der Waals surface area contributed by atoms with E-state index in [1.165, 1.54) is 4.88 Å². The van der Waals surface area contributed by atoms with Crippen LogP contribution in [0.15, 0.2) is 46.5 Å². The molecule has 1 saturated heterocycles. The summed E-state index contributed by atoms with van der Waals surface area (Å²) in [5.74, 6) is -2.24. The Morgan fingerprint density at radius 2 is 2.08 bits per heavy atom. The number of oxime groups is 1. The van der Waals surface area contributed by atoms with Crippen LogP contribution in [0.4, 0.5) is 4.39 Å². The molecule has 1 aromatic rings. The van der Waals surface area contributed by atoms with Gasteiger partial charge in [0, 0.05) is 28.0 Å². The molecule has 2 heterocycles. The number of ketones is 1. The molecule has 8 atom stereocenters. The molecule has 1 aliphatic heterocycles. The van der Waals surface area contributed by atoms with Crippen molar-refractivity contribution in [1.82, 2.24) is 0 Å². The van der Waals surface area contributed by atoms with Crippen LogP contribution in [0, 0.1) is 22.7 Å². The van der Waals surface area contributed by atoms with E-state index >= 15 is 4.39 Å². The number of hydrogen-bond acceptors (Lipinski definition) is 8. The van der Waals surface area contributed by atoms with Crippen LogP contribution in [-0.2, 0) is 25.5 Å². The highest BCUT2D eigenvalue weighted by Gasteiger charge is 2.79. The number of aliphatic hydroxyl groups excluding tert-OH is 2. The zero-order chi connectivity index (χ0) is 27.8. The number of allylic oxidation sites excluding steroid dienone is 4. The highest BCUT2D eigenvalue weighted by Crippen LogP contribution is 2.72. The standard InChI is InChI=1S/C30H38FNO6S/c1-26(2)37-25-15-22-21-8-7-18-14-19(32-36-12-10-20-6-5-13-39-20)9-11-27(18,3)29(21,31)23(34)16-28(22,4)30(25,38-26)24(35)17-33/h5-6,9,11,13-14,21-23,25,33-34H,7-8,10,12,15-17H2,1-4H3/b32-19+/t21-,22-,23-,25+,27-,28-,29-,30+/m0/s1. The third-order valence-electron chi connectivity index (χ3n) is 10.4. The summed E-state index contributed by atoms with van der Waals surface area (Å²) in [7, 11) is 0. The van der Waals surface area contributed by atoms with Gasteiger partial charge in [0.2, 0.25) is 0 Å². The van der Waals surface area contributed by atoms with E-state index in [9.17, 15) is 15.0 Å². The van der Waals surface area contributed by atoms with E-state index in [4.69, 9.17) is 14.3 Å². The second kappa shape index (κ2) is 9.05. The van der Waals surface area contributed by atoms with Gasteiger partial charge in [0.1, 0.15) is 18.9 Å². The van der Waals surface area contributed by atoms with Gasteiger partial charge in [-0.25, -0.2) is 4.39 Å². The molecule has 9 heteroatoms. The molecule has 7 nitrogen and oxygen atoms in total. The van der Waals surface area contributed by atoms with Crippen LogP contribution in [0.1, 0.15) is 58.3 Å². The topological polar surface area (TPSA) is 97.6 Å². The molecule has 0 bridgehead atoms. The van der Waals surface area contributed by atoms with Crippen LogP contribution in [0.3, 0.4) is 0 Å². The summed E-state index contributed by atoms with van der Waals surface area (Å²) in [5, 5.41) is 27.9. The van der Waals surface area contributed by atoms with E-state index in [2.05, 4.69) is 11.2 Å². The lowest BCUT2D eigenvalue weighted by molar-refractivity contribution is -0.246. The summed E-state index contributed by atoms with van der Waals surface area (Å²) < 4.78 is 30.2. The molecular formula is C30H38FNO6S. The van der Waals surface area contributed by atoms with E-state index < -0.39 is 58.4 Å². The van der Waals surface area contributed by atoms with Crippen molar-refractivity contribution in [2.45, 2.75) is 89.1 Å². The number of carbonyl (C=O) groups excluding carboxylic acids is 1. The summed E-state index contributed by atoms with van der Waals surface area (Å²) in [6.45, 7) is 7.06. The molecule has 2 N–H and O–H groups in total. The van der Waals surface area contributed by atoms with Crippen LogP contribution in [-0.4, -0.2) is 64.2 Å². The van der Waals surface area contributed by atoms with Gasteiger partial charge in [0.15, 0.2) is 22.8 Å². The lowest BCUT2D eigenvalue weighted by Gasteiger charge is -2.62. The van der Waals surface area contributed by atoms with Crippen molar-refractivity contribution in [1.29, 1.82) is 0 Å². The maximum Gasteiger partial charge on any atom is 0.193 e. The highest BCUT2D eigenvalue weighted by molar-refractivity contribution is 7.09. The Labute approximate surface area is 232 Å². The first kappa shape index (κ1) is 27.3. The quantitative estimate of drug-likeness (QED) is 0.393. The van der Waals surface area contributed by atoms with Crippen molar-refractivity contribution in [2.75, 3.05) is 13.2 Å². The third kappa shape index (κ3) is 3.66. The smallest absolute Gasteiger partial charge is 0.193 e. The predicted octanol–water partition coefficient (Wildman–Crippen LogP) is 4.53. The first-order valence-electron chi connectivity index (χ1n) is 13.9. The predicted molar refractivity (Wildman–Crippen MR) is 145 cm³/mol. The normalized spacial score (nSPS) is 44.8. The average Bonchev–Trinajstić information content (AvgIpc) is 3.56. The minimum Gasteiger partial charge on any atom is -0.395 e. The van der Waals surface area contributed by atoms with Crippen molar-refractivity contribution >= 4 is 22.8 Å². The molecule has 39 heavy (non-hydrogen) atoms. The van der Waals surface area contributed by atoms with Crippen molar-refractivity contribution < 1.29 is 33.7 Å². The van der Waals surface area contributed by atoms with Gasteiger partial charge in [-0.3, -0.25) is 4.79 Å². The van der Waals surface area contributed by atoms with Gasteiger partial charge < -0.3 is 24.5 Å². The Morgan fingerprint density at radius 1 is 1.28 bits per heavy atom. The van der Waals surface area contributed by atoms with Gasteiger partial charge in [-0.15, -0.1) is 11.3 Å². The average molecular weight is 560 g/mol. The van der Waals surface area contributed by atoms with E-state index in [1.54, 1.807) is 31.3 Å². The molecule has 4 fully saturated rings. The minimum absolute atomic E-state index is 0.0375. The SMILES string of the molecule is CC1(C)O[C@@H]2C[C@H]3[C@@H]4CCC5=C/C(=N/OCCc6cccs6)C=C[C@]5(C)[C@@]4(F)[C@@H](O)C[C@]3(C)[C@]2(C(=O)CO)O1. The molecule has 6 rings (SSSR count). The van der Waals surface area contributed by atoms with Gasteiger partial charge in [-0.05, 0) is 76.0 Å². The van der Waals surface area contributed by atoms with E-state index in [0.717, 1.165) is 12.0 Å². The molecule has 0 aromatic carbocycles. The molecule has 0 spiro atoms. The fourth-order valence-corrected chi connectivity index (χ4v) is 9.40. The molecule has 0 unspecified atom stereocenters. The van der Waals surface area contributed by atoms with E-state index in [1.807, 2.05) is 37.4 Å². The lowest BCUT2D eigenvalue weighted by atomic mass is 9.44. The first-order valence-corrected chi connectivity index (χ1v) is 14.8. The number of carbonyl (C=O) groups is 1. The number of nitrogens with zero attached hydrogens (tertiary/aromatic N) is 1. The molecule has 0 radical (unpaired) electrons. The maximum atomic E-state index is 17.6. The number of thiophene rings is 1. The molecule has 212 valence electrons. The summed E-state index contributed by atoms with van der Waals surface area (Å²) >= 11 is 1.68. The lowest BCUT2D eigenvalue weighted by Crippen LogP contribution is -2.70. The molecule has 0 amide bonds. The maximum absolute atomic E-state index is 17.6. The number of Topliss-reactive ketones (excluding diaryl/α,β-unsaturated/α-hetero) is 1. The Balaban J connectivity index is 1.28. The van der Waals surface area contributed by atoms with E-state index in [-0.39, 0.29) is 12.3 Å². The van der Waals surface area contributed by atoms with Crippen LogP contribution in [0.5, 0.6) is 0 Å².